The van der Waals surface area contributed by atoms with Gasteiger partial charge in [-0.2, -0.15) is 4.39 Å². The number of aliphatic hydroxyl groups is 1. The smallest absolute Gasteiger partial charge is 0.223 e. The lowest BCUT2D eigenvalue weighted by atomic mass is 9.94. The molecule has 138 valence electrons. The molecule has 0 saturated carbocycles. The largest absolute Gasteiger partial charge is 0.394 e. The summed E-state index contributed by atoms with van der Waals surface area (Å²) < 4.78 is 13.3. The third-order valence-corrected chi connectivity index (χ3v) is 4.93. The molecule has 7 heteroatoms. The molecule has 1 aromatic carbocycles. The topological polar surface area (TPSA) is 65.5 Å². The zero-order valence-electron chi connectivity index (χ0n) is 14.2. The van der Waals surface area contributed by atoms with E-state index in [0.717, 1.165) is 11.3 Å². The van der Waals surface area contributed by atoms with E-state index < -0.39 is 12.0 Å². The number of aliphatic hydroxyl groups excluding tert-OH is 1. The number of nitrogens with one attached hydrogen (secondary N) is 1. The van der Waals surface area contributed by atoms with Gasteiger partial charge in [0.1, 0.15) is 0 Å². The van der Waals surface area contributed by atoms with Crippen molar-refractivity contribution in [3.05, 3.63) is 59.1 Å². The first-order valence-corrected chi connectivity index (χ1v) is 8.98. The molecule has 5 nitrogen and oxygen atoms in total. The Morgan fingerprint density at radius 2 is 2.12 bits per heavy atom. The molecule has 1 aliphatic rings. The van der Waals surface area contributed by atoms with Crippen molar-refractivity contribution in [1.82, 2.24) is 10.3 Å². The lowest BCUT2D eigenvalue weighted by Crippen LogP contribution is -2.42. The second-order valence-corrected chi connectivity index (χ2v) is 6.83. The summed E-state index contributed by atoms with van der Waals surface area (Å²) in [4.78, 5) is 18.2. The van der Waals surface area contributed by atoms with Crippen molar-refractivity contribution in [2.75, 3.05) is 24.6 Å². The van der Waals surface area contributed by atoms with Crippen LogP contribution in [0.4, 0.5) is 10.1 Å². The molecule has 0 aliphatic carbocycles. The van der Waals surface area contributed by atoms with E-state index >= 15 is 0 Å². The molecule has 1 atom stereocenters. The highest BCUT2D eigenvalue weighted by Gasteiger charge is 2.27. The van der Waals surface area contributed by atoms with Crippen molar-refractivity contribution in [2.24, 2.45) is 5.92 Å². The SMILES string of the molecule is O=C(NC(CO)c1cccc(Cl)c1)C1CCN(c2ccnc(F)c2)CC1. The molecule has 0 bridgehead atoms. The predicted molar refractivity (Wildman–Crippen MR) is 98.6 cm³/mol. The number of pyridine rings is 1. The standard InChI is InChI=1S/C19H21ClFN3O2/c20-15-3-1-2-14(10-15)17(12-25)23-19(26)13-5-8-24(9-6-13)16-4-7-22-18(21)11-16/h1-4,7,10-11,13,17,25H,5-6,8-9,12H2,(H,23,26). The Labute approximate surface area is 156 Å². The second kappa shape index (κ2) is 8.47. The fraction of sp³-hybridized carbons (Fsp3) is 0.368. The Bertz CT molecular complexity index is 766. The normalized spacial score (nSPS) is 16.3. The summed E-state index contributed by atoms with van der Waals surface area (Å²) in [5.41, 5.74) is 1.56. The van der Waals surface area contributed by atoms with Crippen molar-refractivity contribution in [3.8, 4) is 0 Å². The fourth-order valence-corrected chi connectivity index (χ4v) is 3.43. The number of anilines is 1. The summed E-state index contributed by atoms with van der Waals surface area (Å²) in [7, 11) is 0. The van der Waals surface area contributed by atoms with Gasteiger partial charge in [0.25, 0.3) is 0 Å². The maximum absolute atomic E-state index is 13.3. The van der Waals surface area contributed by atoms with Gasteiger partial charge in [-0.15, -0.1) is 0 Å². The molecule has 3 rings (SSSR count). The Hall–Kier alpha value is -2.18. The van der Waals surface area contributed by atoms with Crippen LogP contribution < -0.4 is 10.2 Å². The van der Waals surface area contributed by atoms with E-state index in [1.807, 2.05) is 6.07 Å². The van der Waals surface area contributed by atoms with Crippen molar-refractivity contribution in [2.45, 2.75) is 18.9 Å². The second-order valence-electron chi connectivity index (χ2n) is 6.40. The molecule has 0 radical (unpaired) electrons. The van der Waals surface area contributed by atoms with Crippen molar-refractivity contribution < 1.29 is 14.3 Å². The van der Waals surface area contributed by atoms with Crippen LogP contribution in [0.15, 0.2) is 42.6 Å². The molecular formula is C19H21ClFN3O2. The fourth-order valence-electron chi connectivity index (χ4n) is 3.24. The molecule has 1 unspecified atom stereocenters. The zero-order chi connectivity index (χ0) is 18.5. The third kappa shape index (κ3) is 4.51. The number of nitrogens with zero attached hydrogens (tertiary/aromatic N) is 2. The van der Waals surface area contributed by atoms with Crippen LogP contribution in [-0.4, -0.2) is 35.7 Å². The number of amides is 1. The number of hydrogen-bond acceptors (Lipinski definition) is 4. The minimum atomic E-state index is -0.505. The molecule has 1 fully saturated rings. The number of carbonyl (C=O) groups excluding carboxylic acids is 1. The zero-order valence-corrected chi connectivity index (χ0v) is 15.0. The number of benzene rings is 1. The monoisotopic (exact) mass is 377 g/mol. The van der Waals surface area contributed by atoms with E-state index in [1.54, 1.807) is 24.3 Å². The molecule has 26 heavy (non-hydrogen) atoms. The molecule has 1 amide bonds. The van der Waals surface area contributed by atoms with Crippen molar-refractivity contribution in [3.63, 3.8) is 0 Å². The molecule has 2 aromatic rings. The molecule has 2 heterocycles. The lowest BCUT2D eigenvalue weighted by molar-refractivity contribution is -0.126. The van der Waals surface area contributed by atoms with Crippen LogP contribution in [0.2, 0.25) is 5.02 Å². The van der Waals surface area contributed by atoms with Gasteiger partial charge in [0.2, 0.25) is 11.9 Å². The minimum absolute atomic E-state index is 0.0791. The average molecular weight is 378 g/mol. The van der Waals surface area contributed by atoms with Crippen molar-refractivity contribution >= 4 is 23.2 Å². The van der Waals surface area contributed by atoms with Gasteiger partial charge >= 0.3 is 0 Å². The van der Waals surface area contributed by atoms with E-state index in [-0.39, 0.29) is 18.4 Å². The first-order valence-electron chi connectivity index (χ1n) is 8.60. The molecule has 0 spiro atoms. The van der Waals surface area contributed by atoms with Crippen molar-refractivity contribution in [1.29, 1.82) is 0 Å². The summed E-state index contributed by atoms with van der Waals surface area (Å²) in [5, 5.41) is 13.1. The Morgan fingerprint density at radius 3 is 2.77 bits per heavy atom. The summed E-state index contributed by atoms with van der Waals surface area (Å²) in [6.45, 7) is 1.15. The van der Waals surface area contributed by atoms with Gasteiger partial charge in [0.15, 0.2) is 0 Å². The number of rotatable bonds is 5. The molecule has 1 saturated heterocycles. The lowest BCUT2D eigenvalue weighted by Gasteiger charge is -2.33. The molecular weight excluding hydrogens is 357 g/mol. The van der Waals surface area contributed by atoms with E-state index in [0.29, 0.717) is 31.0 Å². The number of piperidine rings is 1. The van der Waals surface area contributed by atoms with Crippen LogP contribution in [0.1, 0.15) is 24.4 Å². The van der Waals surface area contributed by atoms with Gasteiger partial charge in [0.05, 0.1) is 12.6 Å². The summed E-state index contributed by atoms with van der Waals surface area (Å²) in [5.74, 6) is -0.717. The third-order valence-electron chi connectivity index (χ3n) is 4.69. The maximum atomic E-state index is 13.3. The summed E-state index contributed by atoms with van der Waals surface area (Å²) >= 11 is 5.99. The predicted octanol–water partition coefficient (Wildman–Crippen LogP) is 2.94. The van der Waals surface area contributed by atoms with Crippen LogP contribution >= 0.6 is 11.6 Å². The van der Waals surface area contributed by atoms with Gasteiger partial charge < -0.3 is 15.3 Å². The van der Waals surface area contributed by atoms with Gasteiger partial charge in [-0.3, -0.25) is 4.79 Å². The Kier molecular flexibility index (Phi) is 6.06. The van der Waals surface area contributed by atoms with Gasteiger partial charge in [-0.05, 0) is 36.6 Å². The first-order chi connectivity index (χ1) is 12.6. The number of hydrogen-bond donors (Lipinski definition) is 2. The minimum Gasteiger partial charge on any atom is -0.394 e. The van der Waals surface area contributed by atoms with E-state index in [1.165, 1.54) is 12.3 Å². The summed E-state index contributed by atoms with van der Waals surface area (Å²) in [6, 6.07) is 9.80. The number of carbonyl (C=O) groups is 1. The number of halogens is 2. The molecule has 2 N–H and O–H groups in total. The van der Waals surface area contributed by atoms with Crippen LogP contribution in [-0.2, 0) is 4.79 Å². The average Bonchev–Trinajstić information content (AvgIpc) is 2.66. The van der Waals surface area contributed by atoms with E-state index in [4.69, 9.17) is 11.6 Å². The number of aromatic nitrogens is 1. The maximum Gasteiger partial charge on any atom is 0.223 e. The molecule has 1 aromatic heterocycles. The van der Waals surface area contributed by atoms with Crippen LogP contribution in [0.3, 0.4) is 0 Å². The highest BCUT2D eigenvalue weighted by Crippen LogP contribution is 2.25. The van der Waals surface area contributed by atoms with Crippen LogP contribution in [0, 0.1) is 11.9 Å². The van der Waals surface area contributed by atoms with Crippen LogP contribution in [0.5, 0.6) is 0 Å². The highest BCUT2D eigenvalue weighted by atomic mass is 35.5. The summed E-state index contributed by atoms with van der Waals surface area (Å²) in [6.07, 6.45) is 2.78. The first kappa shape index (κ1) is 18.6. The van der Waals surface area contributed by atoms with Gasteiger partial charge in [-0.1, -0.05) is 23.7 Å². The van der Waals surface area contributed by atoms with Gasteiger partial charge in [-0.25, -0.2) is 4.98 Å². The quantitative estimate of drug-likeness (QED) is 0.786. The van der Waals surface area contributed by atoms with Gasteiger partial charge in [0, 0.05) is 42.0 Å². The van der Waals surface area contributed by atoms with E-state index in [9.17, 15) is 14.3 Å². The highest BCUT2D eigenvalue weighted by molar-refractivity contribution is 6.30. The molecule has 1 aliphatic heterocycles. The van der Waals surface area contributed by atoms with E-state index in [2.05, 4.69) is 15.2 Å². The Balaban J connectivity index is 1.57. The van der Waals surface area contributed by atoms with Crippen LogP contribution in [0.25, 0.3) is 0 Å². The Morgan fingerprint density at radius 1 is 1.35 bits per heavy atom.